The molecule has 3 aromatic carbocycles. The van der Waals surface area contributed by atoms with Crippen LogP contribution in [0.3, 0.4) is 0 Å². The summed E-state index contributed by atoms with van der Waals surface area (Å²) < 4.78 is 6.30. The second-order valence-electron chi connectivity index (χ2n) is 9.77. The molecule has 1 unspecified atom stereocenters. The highest BCUT2D eigenvalue weighted by atomic mass is 35.5. The van der Waals surface area contributed by atoms with Crippen molar-refractivity contribution in [3.8, 4) is 0 Å². The SMILES string of the molecule is Cc1ccccc1C(=O)N1C(C(=O)NCc2ccccc2)COC12CCN(C(=O)c1ccc(Cl)cc1)CC2. The summed E-state index contributed by atoms with van der Waals surface area (Å²) in [7, 11) is 0. The fourth-order valence-electron chi connectivity index (χ4n) is 5.25. The maximum absolute atomic E-state index is 14.0. The number of hydrogen-bond acceptors (Lipinski definition) is 4. The molecule has 0 radical (unpaired) electrons. The zero-order valence-corrected chi connectivity index (χ0v) is 22.0. The summed E-state index contributed by atoms with van der Waals surface area (Å²) in [6.45, 7) is 3.14. The standard InChI is InChI=1S/C30H30ClN3O4/c1-21-7-5-6-10-25(21)29(37)34-26(27(35)32-19-22-8-3-2-4-9-22)20-38-30(34)15-17-33(18-16-30)28(36)23-11-13-24(31)14-12-23/h2-14,26H,15-20H2,1H3,(H,32,35). The second-order valence-corrected chi connectivity index (χ2v) is 10.2. The molecule has 3 amide bonds. The average Bonchev–Trinajstić information content (AvgIpc) is 3.31. The van der Waals surface area contributed by atoms with Gasteiger partial charge in [-0.05, 0) is 48.4 Å². The van der Waals surface area contributed by atoms with E-state index in [0.717, 1.165) is 11.1 Å². The molecular weight excluding hydrogens is 502 g/mol. The topological polar surface area (TPSA) is 79.0 Å². The van der Waals surface area contributed by atoms with Crippen LogP contribution in [0.5, 0.6) is 0 Å². The van der Waals surface area contributed by atoms with Gasteiger partial charge in [-0.1, -0.05) is 60.1 Å². The second kappa shape index (κ2) is 11.0. The first kappa shape index (κ1) is 25.9. The summed E-state index contributed by atoms with van der Waals surface area (Å²) >= 11 is 5.98. The lowest BCUT2D eigenvalue weighted by atomic mass is 9.95. The van der Waals surface area contributed by atoms with Crippen molar-refractivity contribution in [2.24, 2.45) is 0 Å². The fraction of sp³-hybridized carbons (Fsp3) is 0.300. The molecule has 8 heteroatoms. The van der Waals surface area contributed by atoms with Crippen LogP contribution in [0.25, 0.3) is 0 Å². The molecule has 2 heterocycles. The monoisotopic (exact) mass is 531 g/mol. The summed E-state index contributed by atoms with van der Waals surface area (Å²) in [6.07, 6.45) is 0.818. The van der Waals surface area contributed by atoms with E-state index in [1.54, 1.807) is 40.1 Å². The summed E-state index contributed by atoms with van der Waals surface area (Å²) in [5, 5.41) is 3.55. The van der Waals surface area contributed by atoms with E-state index >= 15 is 0 Å². The van der Waals surface area contributed by atoms with Crippen molar-refractivity contribution in [3.05, 3.63) is 106 Å². The minimum absolute atomic E-state index is 0.0940. The summed E-state index contributed by atoms with van der Waals surface area (Å²) in [6, 6.07) is 23.0. The predicted molar refractivity (Wildman–Crippen MR) is 145 cm³/mol. The van der Waals surface area contributed by atoms with Gasteiger partial charge >= 0.3 is 0 Å². The number of nitrogens with zero attached hydrogens (tertiary/aromatic N) is 2. The molecule has 2 aliphatic heterocycles. The van der Waals surface area contributed by atoms with Crippen LogP contribution in [0.2, 0.25) is 5.02 Å². The molecule has 2 fully saturated rings. The molecule has 0 aromatic heterocycles. The van der Waals surface area contributed by atoms with Gasteiger partial charge < -0.3 is 15.0 Å². The number of carbonyl (C=O) groups is 3. The Morgan fingerprint density at radius 3 is 2.26 bits per heavy atom. The van der Waals surface area contributed by atoms with Gasteiger partial charge in [-0.25, -0.2) is 0 Å². The molecular formula is C30H30ClN3O4. The molecule has 2 saturated heterocycles. The predicted octanol–water partition coefficient (Wildman–Crippen LogP) is 4.44. The van der Waals surface area contributed by atoms with Gasteiger partial charge in [0.1, 0.15) is 11.8 Å². The van der Waals surface area contributed by atoms with Crippen LogP contribution in [0.4, 0.5) is 0 Å². The van der Waals surface area contributed by atoms with E-state index in [1.807, 2.05) is 55.5 Å². The van der Waals surface area contributed by atoms with E-state index in [2.05, 4.69) is 5.32 Å². The first-order chi connectivity index (χ1) is 18.4. The molecule has 7 nitrogen and oxygen atoms in total. The maximum atomic E-state index is 14.0. The molecule has 5 rings (SSSR count). The number of halogens is 1. The number of benzene rings is 3. The lowest BCUT2D eigenvalue weighted by Crippen LogP contribution is -2.59. The molecule has 0 saturated carbocycles. The Labute approximate surface area is 227 Å². The average molecular weight is 532 g/mol. The molecule has 2 aliphatic rings. The van der Waals surface area contributed by atoms with E-state index in [0.29, 0.717) is 48.6 Å². The minimum Gasteiger partial charge on any atom is -0.353 e. The third-order valence-corrected chi connectivity index (χ3v) is 7.64. The number of rotatable bonds is 5. The van der Waals surface area contributed by atoms with Gasteiger partial charge in [0.2, 0.25) is 5.91 Å². The van der Waals surface area contributed by atoms with Crippen molar-refractivity contribution in [1.29, 1.82) is 0 Å². The zero-order valence-electron chi connectivity index (χ0n) is 21.2. The smallest absolute Gasteiger partial charge is 0.257 e. The fourth-order valence-corrected chi connectivity index (χ4v) is 5.37. The number of aryl methyl sites for hydroxylation is 1. The normalized spacial score (nSPS) is 18.4. The number of nitrogens with one attached hydrogen (secondary N) is 1. The van der Waals surface area contributed by atoms with E-state index in [-0.39, 0.29) is 24.3 Å². The van der Waals surface area contributed by atoms with Crippen LogP contribution in [0.15, 0.2) is 78.9 Å². The van der Waals surface area contributed by atoms with Crippen molar-refractivity contribution < 1.29 is 19.1 Å². The van der Waals surface area contributed by atoms with Gasteiger partial charge in [-0.15, -0.1) is 0 Å². The number of likely N-dealkylation sites (tertiary alicyclic amines) is 1. The van der Waals surface area contributed by atoms with Gasteiger partial charge in [-0.2, -0.15) is 0 Å². The summed E-state index contributed by atoms with van der Waals surface area (Å²) in [4.78, 5) is 43.8. The van der Waals surface area contributed by atoms with Crippen LogP contribution in [0, 0.1) is 6.92 Å². The Morgan fingerprint density at radius 1 is 0.921 bits per heavy atom. The molecule has 1 atom stereocenters. The lowest BCUT2D eigenvalue weighted by molar-refractivity contribution is -0.128. The van der Waals surface area contributed by atoms with Gasteiger partial charge in [0, 0.05) is 48.6 Å². The van der Waals surface area contributed by atoms with Gasteiger partial charge in [0.05, 0.1) is 6.61 Å². The molecule has 0 bridgehead atoms. The maximum Gasteiger partial charge on any atom is 0.257 e. The van der Waals surface area contributed by atoms with Crippen LogP contribution in [0.1, 0.15) is 44.7 Å². The van der Waals surface area contributed by atoms with Crippen molar-refractivity contribution in [2.45, 2.75) is 38.1 Å². The first-order valence-corrected chi connectivity index (χ1v) is 13.2. The van der Waals surface area contributed by atoms with Crippen LogP contribution in [-0.2, 0) is 16.1 Å². The van der Waals surface area contributed by atoms with Crippen molar-refractivity contribution in [2.75, 3.05) is 19.7 Å². The van der Waals surface area contributed by atoms with E-state index < -0.39 is 11.8 Å². The van der Waals surface area contributed by atoms with E-state index in [1.165, 1.54) is 0 Å². The minimum atomic E-state index is -0.967. The lowest BCUT2D eigenvalue weighted by Gasteiger charge is -2.44. The van der Waals surface area contributed by atoms with Crippen LogP contribution in [-0.4, -0.2) is 59.0 Å². The van der Waals surface area contributed by atoms with Crippen molar-refractivity contribution in [3.63, 3.8) is 0 Å². The van der Waals surface area contributed by atoms with Crippen LogP contribution >= 0.6 is 11.6 Å². The van der Waals surface area contributed by atoms with Gasteiger partial charge in [-0.3, -0.25) is 19.3 Å². The third kappa shape index (κ3) is 5.17. The Hall–Kier alpha value is -3.68. The van der Waals surface area contributed by atoms with Gasteiger partial charge in [0.25, 0.3) is 11.8 Å². The Bertz CT molecular complexity index is 1320. The Kier molecular flexibility index (Phi) is 7.49. The number of piperidine rings is 1. The quantitative estimate of drug-likeness (QED) is 0.528. The van der Waals surface area contributed by atoms with E-state index in [9.17, 15) is 14.4 Å². The number of hydrogen-bond donors (Lipinski definition) is 1. The highest BCUT2D eigenvalue weighted by Crippen LogP contribution is 2.39. The largest absolute Gasteiger partial charge is 0.353 e. The number of ether oxygens (including phenoxy) is 1. The Balaban J connectivity index is 1.37. The highest BCUT2D eigenvalue weighted by molar-refractivity contribution is 6.30. The van der Waals surface area contributed by atoms with Gasteiger partial charge in [0.15, 0.2) is 0 Å². The molecule has 38 heavy (non-hydrogen) atoms. The summed E-state index contributed by atoms with van der Waals surface area (Å²) in [5.74, 6) is -0.589. The summed E-state index contributed by atoms with van der Waals surface area (Å²) in [5.41, 5.74) is 1.94. The molecule has 3 aromatic rings. The third-order valence-electron chi connectivity index (χ3n) is 7.39. The Morgan fingerprint density at radius 2 is 1.58 bits per heavy atom. The molecule has 196 valence electrons. The van der Waals surface area contributed by atoms with Crippen LogP contribution < -0.4 is 5.32 Å². The zero-order chi connectivity index (χ0) is 26.7. The molecule has 1 N–H and O–H groups in total. The first-order valence-electron chi connectivity index (χ1n) is 12.8. The van der Waals surface area contributed by atoms with Crippen molar-refractivity contribution >= 4 is 29.3 Å². The highest BCUT2D eigenvalue weighted by Gasteiger charge is 2.54. The number of amides is 3. The number of carbonyl (C=O) groups excluding carboxylic acids is 3. The van der Waals surface area contributed by atoms with Crippen molar-refractivity contribution in [1.82, 2.24) is 15.1 Å². The molecule has 0 aliphatic carbocycles. The molecule has 1 spiro atoms. The van der Waals surface area contributed by atoms with E-state index in [4.69, 9.17) is 16.3 Å².